The molecule has 0 aromatic heterocycles. The van der Waals surface area contributed by atoms with Crippen molar-refractivity contribution < 1.29 is 258 Å². The summed E-state index contributed by atoms with van der Waals surface area (Å²) in [6.07, 6.45) is 0. The molecule has 32 heteroatoms. The topological polar surface area (TPSA) is 442 Å². The van der Waals surface area contributed by atoms with Gasteiger partial charge < -0.3 is 0 Å². The van der Waals surface area contributed by atoms with Gasteiger partial charge in [0.15, 0.2) is 0 Å². The summed E-state index contributed by atoms with van der Waals surface area (Å²) in [5.41, 5.74) is 0. The largest absolute Gasteiger partial charge is 4.00 e. The molecule has 172 valence electrons. The molecule has 0 spiro atoms. The van der Waals surface area contributed by atoms with Gasteiger partial charge in [-0.2, -0.15) is 0 Å². The van der Waals surface area contributed by atoms with Crippen LogP contribution in [0.1, 0.15) is 0 Å². The molecule has 0 aliphatic carbocycles. The normalized spacial score (nSPS) is 5.69. The van der Waals surface area contributed by atoms with Crippen molar-refractivity contribution in [3.05, 3.63) is 0 Å². The van der Waals surface area contributed by atoms with Crippen LogP contribution in [0.3, 0.4) is 0 Å². The third-order valence-electron chi connectivity index (χ3n) is 0. The molecule has 4 radical (unpaired) electrons. The molecule has 0 bridgehead atoms. The Hall–Kier alpha value is 6.57. The summed E-state index contributed by atoms with van der Waals surface area (Å²) in [6, 6.07) is 0. The fourth-order valence-corrected chi connectivity index (χ4v) is 0. The van der Waals surface area contributed by atoms with Gasteiger partial charge in [0.05, 0.1) is 0 Å². The molecule has 0 unspecified atom stereocenters. The Bertz CT molecular complexity index is 323. The van der Waals surface area contributed by atoms with Crippen LogP contribution in [0.5, 0.6) is 0 Å². The van der Waals surface area contributed by atoms with E-state index in [4.69, 9.17) is 74.9 Å². The minimum absolute atomic E-state index is 0. The first-order valence-electron chi connectivity index (χ1n) is 4.29. The first kappa shape index (κ1) is 71.6. The molecule has 0 amide bonds. The quantitative estimate of drug-likeness (QED) is 0.203. The fourth-order valence-electron chi connectivity index (χ4n) is 0. The van der Waals surface area contributed by atoms with Gasteiger partial charge in [0.1, 0.15) is 0 Å². The van der Waals surface area contributed by atoms with Crippen LogP contribution in [0.15, 0.2) is 0 Å². The summed E-state index contributed by atoms with van der Waals surface area (Å²) < 4.78 is 180. The maximum absolute atomic E-state index is 8.58. The number of hydrogen-bond donors (Lipinski definition) is 0. The van der Waals surface area contributed by atoms with Crippen molar-refractivity contribution in [1.82, 2.24) is 0 Å². The zero-order valence-corrected chi connectivity index (χ0v) is 36.8. The average molecular weight is 1270 g/mol. The second kappa shape index (κ2) is 66.1. The van der Waals surface area contributed by atoms with Crippen molar-refractivity contribution in [3.8, 4) is 0 Å². The summed E-state index contributed by atoms with van der Waals surface area (Å²) in [5.74, 6) is 0. The third-order valence-corrected chi connectivity index (χ3v) is 0. The van der Waals surface area contributed by atoms with Crippen LogP contribution in [0.2, 0.25) is 0 Å². The van der Waals surface area contributed by atoms with E-state index in [2.05, 4.69) is 0 Å². The molecule has 0 fully saturated rings. The Morgan fingerprint density at radius 2 is 0.250 bits per heavy atom. The standard InChI is InChI=1S/2Bi.21O.7Ti.2Zr/q2*+3;;;;;;;;14*-1;;;;;;;;2*+4. The summed E-state index contributed by atoms with van der Waals surface area (Å²) in [5, 5.41) is 0. The van der Waals surface area contributed by atoms with Crippen LogP contribution in [0, 0.1) is 0 Å². The maximum Gasteiger partial charge on any atom is 4.00 e. The van der Waals surface area contributed by atoms with Crippen molar-refractivity contribution in [2.75, 3.05) is 0 Å². The Kier molecular flexibility index (Phi) is 148. The molecular formula is Bi2O21Ti7Zr2. The smallest absolute Gasteiger partial charge is 4.00 e. The molecular weight excluding hydrogens is 1270 g/mol. The first-order valence-corrected chi connectivity index (χ1v) is 17.7. The van der Waals surface area contributed by atoms with Crippen LogP contribution in [-0.4, -0.2) is 52.4 Å². The van der Waals surface area contributed by atoms with Gasteiger partial charge >= 0.3 is 310 Å². The van der Waals surface area contributed by atoms with Crippen LogP contribution < -0.4 is 51.6 Å². The fraction of sp³-hybridized carbons (Fsp3) is 0. The van der Waals surface area contributed by atoms with Crippen LogP contribution >= 0.6 is 0 Å². The van der Waals surface area contributed by atoms with Crippen molar-refractivity contribution in [2.45, 2.75) is 0 Å². The van der Waals surface area contributed by atoms with Crippen LogP contribution in [0.4, 0.5) is 0 Å². The summed E-state index contributed by atoms with van der Waals surface area (Å²) in [7, 11) is 0. The molecule has 0 N–H and O–H groups in total. The van der Waals surface area contributed by atoms with E-state index in [0.29, 0.717) is 0 Å². The molecule has 0 atom stereocenters. The van der Waals surface area contributed by atoms with Gasteiger partial charge in [0.2, 0.25) is 0 Å². The van der Waals surface area contributed by atoms with Gasteiger partial charge in [-0.05, 0) is 0 Å². The summed E-state index contributed by atoms with van der Waals surface area (Å²) >= 11 is -28.6. The second-order valence-corrected chi connectivity index (χ2v) is 7.22. The van der Waals surface area contributed by atoms with Gasteiger partial charge in [-0.25, -0.2) is 0 Å². The van der Waals surface area contributed by atoms with Gasteiger partial charge in [0, 0.05) is 0 Å². The van der Waals surface area contributed by atoms with Crippen molar-refractivity contribution in [1.29, 1.82) is 0 Å². The minimum Gasteiger partial charge on any atom is 4.00 e. The Morgan fingerprint density at radius 3 is 0.250 bits per heavy atom. The molecule has 0 aliphatic rings. The SMILES string of the molecule is [Bi+3].[Bi+3].[O]=[Ti]([O-])[O-].[O]=[Ti]([O-])[O-].[O]=[Ti]([O-])[O-].[O]=[Ti]([O-])[O-].[O]=[Ti]([O-])[O-].[O]=[Ti]([O-])[O-].[O]=[Ti]([O-])[O-].[Zr+4].[Zr+4]. The zero-order chi connectivity index (χ0) is 25.0. The van der Waals surface area contributed by atoms with Crippen LogP contribution in [0.25, 0.3) is 0 Å². The van der Waals surface area contributed by atoms with E-state index >= 15 is 0 Å². The van der Waals surface area contributed by atoms with Gasteiger partial charge in [-0.3, -0.25) is 0 Å². The number of rotatable bonds is 0. The van der Waals surface area contributed by atoms with Crippen molar-refractivity contribution in [2.24, 2.45) is 0 Å². The van der Waals surface area contributed by atoms with E-state index in [-0.39, 0.29) is 105 Å². The van der Waals surface area contributed by atoms with Crippen LogP contribution in [-0.2, 0) is 206 Å². The molecule has 21 nitrogen and oxygen atoms in total. The van der Waals surface area contributed by atoms with E-state index in [1.807, 2.05) is 0 Å². The number of hydrogen-bond acceptors (Lipinski definition) is 21. The third kappa shape index (κ3) is 1070. The predicted octanol–water partition coefficient (Wildman–Crippen LogP) is -18.3. The summed E-state index contributed by atoms with van der Waals surface area (Å²) in [6.45, 7) is 0. The van der Waals surface area contributed by atoms with Crippen molar-refractivity contribution >= 4 is 52.4 Å². The molecule has 0 saturated heterocycles. The second-order valence-electron chi connectivity index (χ2n) is 1.75. The zero-order valence-electron chi connectivity index (χ0n) is 14.0. The molecule has 0 rings (SSSR count). The van der Waals surface area contributed by atoms with E-state index in [0.717, 1.165) is 0 Å². The molecule has 0 aromatic carbocycles. The Balaban J connectivity index is -0.0000000175. The molecule has 0 aliphatic heterocycles. The molecule has 0 aromatic rings. The van der Waals surface area contributed by atoms with Crippen molar-refractivity contribution in [3.63, 3.8) is 0 Å². The van der Waals surface area contributed by atoms with E-state index in [9.17, 15) is 0 Å². The average Bonchev–Trinajstić information content (AvgIpc) is 2.20. The van der Waals surface area contributed by atoms with E-state index < -0.39 is 130 Å². The first-order chi connectivity index (χ1) is 12.1. The molecule has 0 saturated carbocycles. The van der Waals surface area contributed by atoms with E-state index in [1.54, 1.807) is 0 Å². The van der Waals surface area contributed by atoms with Gasteiger partial charge in [-0.15, -0.1) is 0 Å². The maximum atomic E-state index is 8.58. The van der Waals surface area contributed by atoms with E-state index in [1.165, 1.54) is 0 Å². The molecule has 0 heterocycles. The molecule has 32 heavy (non-hydrogen) atoms. The monoisotopic (exact) mass is 1270 g/mol. The summed E-state index contributed by atoms with van der Waals surface area (Å²) in [4.78, 5) is 0. The Labute approximate surface area is 303 Å². The van der Waals surface area contributed by atoms with Gasteiger partial charge in [-0.1, -0.05) is 0 Å². The van der Waals surface area contributed by atoms with Gasteiger partial charge in [0.25, 0.3) is 0 Å². The predicted molar refractivity (Wildman–Crippen MR) is 16.3 cm³/mol. The Morgan fingerprint density at radius 1 is 0.250 bits per heavy atom. The minimum atomic E-state index is -4.08.